The molecule has 14 heavy (non-hydrogen) atoms. The molecule has 0 aliphatic carbocycles. The zero-order valence-corrected chi connectivity index (χ0v) is 8.31. The molecule has 2 rings (SSSR count). The van der Waals surface area contributed by atoms with Crippen LogP contribution in [-0.2, 0) is 9.53 Å². The first-order valence-electron chi connectivity index (χ1n) is 5.18. The van der Waals surface area contributed by atoms with Crippen LogP contribution in [0.1, 0.15) is 26.2 Å². The first kappa shape index (κ1) is 9.49. The van der Waals surface area contributed by atoms with Crippen LogP contribution in [0.15, 0.2) is 0 Å². The van der Waals surface area contributed by atoms with Gasteiger partial charge in [-0.15, -0.1) is 0 Å². The molecule has 0 unspecified atom stereocenters. The minimum Gasteiger partial charge on any atom is -0.450 e. The molecule has 2 aliphatic heterocycles. The van der Waals surface area contributed by atoms with E-state index in [0.717, 1.165) is 25.5 Å². The Morgan fingerprint density at radius 1 is 1.57 bits per heavy atom. The van der Waals surface area contributed by atoms with E-state index in [9.17, 15) is 9.59 Å². The second kappa shape index (κ2) is 3.59. The predicted octanol–water partition coefficient (Wildman–Crippen LogP) is 1.19. The van der Waals surface area contributed by atoms with Gasteiger partial charge in [-0.25, -0.2) is 4.79 Å². The zero-order chi connectivity index (χ0) is 10.1. The third kappa shape index (κ3) is 1.29. The Labute approximate surface area is 83.2 Å². The van der Waals surface area contributed by atoms with Crippen molar-refractivity contribution in [3.63, 3.8) is 0 Å². The van der Waals surface area contributed by atoms with E-state index in [2.05, 4.69) is 0 Å². The molecule has 3 atom stereocenters. The Hall–Kier alpha value is -1.06. The molecule has 78 valence electrons. The molecule has 0 aromatic heterocycles. The molecule has 4 heteroatoms. The van der Waals surface area contributed by atoms with Gasteiger partial charge in [0, 0.05) is 18.0 Å². The highest BCUT2D eigenvalue weighted by atomic mass is 16.6. The lowest BCUT2D eigenvalue weighted by Crippen LogP contribution is -2.37. The standard InChI is InChI=1S/C10H15NO3/c1-2-14-10(13)11-8-3-4-9(11)7(5-8)6-12/h6-9H,2-5H2,1H3/t7-,8+,9-/m0/s1. The molecule has 2 saturated heterocycles. The fraction of sp³-hybridized carbons (Fsp3) is 0.800. The monoisotopic (exact) mass is 197 g/mol. The Bertz CT molecular complexity index is 254. The van der Waals surface area contributed by atoms with Crippen molar-refractivity contribution in [1.29, 1.82) is 0 Å². The molecule has 2 bridgehead atoms. The first-order chi connectivity index (χ1) is 6.77. The number of rotatable bonds is 2. The Balaban J connectivity index is 2.07. The summed E-state index contributed by atoms with van der Waals surface area (Å²) in [6, 6.07) is 0.353. The number of nitrogens with zero attached hydrogens (tertiary/aromatic N) is 1. The van der Waals surface area contributed by atoms with E-state index in [-0.39, 0.29) is 24.1 Å². The Morgan fingerprint density at radius 3 is 2.93 bits per heavy atom. The molecular weight excluding hydrogens is 182 g/mol. The lowest BCUT2D eigenvalue weighted by Gasteiger charge is -2.21. The van der Waals surface area contributed by atoms with Crippen LogP contribution in [0.25, 0.3) is 0 Å². The summed E-state index contributed by atoms with van der Waals surface area (Å²) in [5.74, 6) is 0.0400. The zero-order valence-electron chi connectivity index (χ0n) is 8.31. The normalized spacial score (nSPS) is 34.6. The van der Waals surface area contributed by atoms with Crippen molar-refractivity contribution in [2.75, 3.05) is 6.61 Å². The van der Waals surface area contributed by atoms with Crippen LogP contribution in [0, 0.1) is 5.92 Å². The van der Waals surface area contributed by atoms with E-state index in [1.807, 2.05) is 0 Å². The van der Waals surface area contributed by atoms with Gasteiger partial charge >= 0.3 is 6.09 Å². The van der Waals surface area contributed by atoms with Gasteiger partial charge in [-0.3, -0.25) is 0 Å². The summed E-state index contributed by atoms with van der Waals surface area (Å²) in [6.45, 7) is 2.20. The molecule has 2 fully saturated rings. The highest BCUT2D eigenvalue weighted by molar-refractivity contribution is 5.71. The van der Waals surface area contributed by atoms with Gasteiger partial charge in [0.2, 0.25) is 0 Å². The van der Waals surface area contributed by atoms with Crippen molar-refractivity contribution in [1.82, 2.24) is 4.90 Å². The van der Waals surface area contributed by atoms with Crippen LogP contribution in [0.5, 0.6) is 0 Å². The molecular formula is C10H15NO3. The highest BCUT2D eigenvalue weighted by Crippen LogP contribution is 2.40. The lowest BCUT2D eigenvalue weighted by molar-refractivity contribution is -0.111. The molecule has 0 spiro atoms. The minimum absolute atomic E-state index is 0.0400. The van der Waals surface area contributed by atoms with Gasteiger partial charge in [0.15, 0.2) is 0 Å². The summed E-state index contributed by atoms with van der Waals surface area (Å²) in [4.78, 5) is 24.1. The van der Waals surface area contributed by atoms with E-state index in [0.29, 0.717) is 6.61 Å². The number of ether oxygens (including phenoxy) is 1. The van der Waals surface area contributed by atoms with Crippen LogP contribution in [0.2, 0.25) is 0 Å². The van der Waals surface area contributed by atoms with Crippen molar-refractivity contribution in [2.24, 2.45) is 5.92 Å². The van der Waals surface area contributed by atoms with E-state index >= 15 is 0 Å². The summed E-state index contributed by atoms with van der Waals surface area (Å²) >= 11 is 0. The fourth-order valence-corrected chi connectivity index (χ4v) is 2.66. The quantitative estimate of drug-likeness (QED) is 0.625. The summed E-state index contributed by atoms with van der Waals surface area (Å²) in [7, 11) is 0. The van der Waals surface area contributed by atoms with Crippen LogP contribution in [0.3, 0.4) is 0 Å². The SMILES string of the molecule is CCOC(=O)N1[C@@H]2CC[C@H]1[C@H](C=O)C2. The molecule has 0 radical (unpaired) electrons. The summed E-state index contributed by atoms with van der Waals surface area (Å²) in [5, 5.41) is 0. The predicted molar refractivity (Wildman–Crippen MR) is 49.8 cm³/mol. The van der Waals surface area contributed by atoms with E-state index in [1.165, 1.54) is 0 Å². The van der Waals surface area contributed by atoms with E-state index in [4.69, 9.17) is 4.74 Å². The van der Waals surface area contributed by atoms with Crippen molar-refractivity contribution >= 4 is 12.4 Å². The van der Waals surface area contributed by atoms with Gasteiger partial charge in [0.1, 0.15) is 6.29 Å². The van der Waals surface area contributed by atoms with Crippen molar-refractivity contribution in [3.05, 3.63) is 0 Å². The third-order valence-electron chi connectivity index (χ3n) is 3.24. The van der Waals surface area contributed by atoms with E-state index in [1.54, 1.807) is 11.8 Å². The number of aldehydes is 1. The first-order valence-corrected chi connectivity index (χ1v) is 5.18. The topological polar surface area (TPSA) is 46.6 Å². The lowest BCUT2D eigenvalue weighted by atomic mass is 9.90. The maximum Gasteiger partial charge on any atom is 0.410 e. The molecule has 1 amide bonds. The van der Waals surface area contributed by atoms with Crippen molar-refractivity contribution < 1.29 is 14.3 Å². The molecule has 0 N–H and O–H groups in total. The van der Waals surface area contributed by atoms with Crippen LogP contribution >= 0.6 is 0 Å². The molecule has 0 aromatic rings. The fourth-order valence-electron chi connectivity index (χ4n) is 2.66. The minimum atomic E-state index is -0.246. The summed E-state index contributed by atoms with van der Waals surface area (Å²) in [5.41, 5.74) is 0. The van der Waals surface area contributed by atoms with Crippen LogP contribution < -0.4 is 0 Å². The van der Waals surface area contributed by atoms with Crippen LogP contribution in [-0.4, -0.2) is 36.0 Å². The van der Waals surface area contributed by atoms with Gasteiger partial charge in [-0.2, -0.15) is 0 Å². The number of hydrogen-bond donors (Lipinski definition) is 0. The second-order valence-electron chi connectivity index (χ2n) is 3.94. The summed E-state index contributed by atoms with van der Waals surface area (Å²) in [6.07, 6.45) is 3.54. The van der Waals surface area contributed by atoms with Crippen molar-refractivity contribution in [3.8, 4) is 0 Å². The van der Waals surface area contributed by atoms with Gasteiger partial charge in [0.05, 0.1) is 6.61 Å². The van der Waals surface area contributed by atoms with E-state index < -0.39 is 0 Å². The average molecular weight is 197 g/mol. The number of amides is 1. The second-order valence-corrected chi connectivity index (χ2v) is 3.94. The van der Waals surface area contributed by atoms with Gasteiger partial charge in [-0.05, 0) is 26.2 Å². The summed E-state index contributed by atoms with van der Waals surface area (Å²) < 4.78 is 4.97. The third-order valence-corrected chi connectivity index (χ3v) is 3.24. The molecule has 0 saturated carbocycles. The van der Waals surface area contributed by atoms with Gasteiger partial charge < -0.3 is 14.4 Å². The van der Waals surface area contributed by atoms with Crippen LogP contribution in [0.4, 0.5) is 4.79 Å². The largest absolute Gasteiger partial charge is 0.450 e. The number of carbonyl (C=O) groups is 2. The smallest absolute Gasteiger partial charge is 0.410 e. The molecule has 2 aliphatic rings. The number of fused-ring (bicyclic) bond motifs is 2. The molecule has 0 aromatic carbocycles. The number of carbonyl (C=O) groups excluding carboxylic acids is 2. The highest BCUT2D eigenvalue weighted by Gasteiger charge is 2.49. The maximum absolute atomic E-state index is 11.6. The number of hydrogen-bond acceptors (Lipinski definition) is 3. The average Bonchev–Trinajstić information content (AvgIpc) is 2.74. The molecule has 2 heterocycles. The molecule has 4 nitrogen and oxygen atoms in total. The Morgan fingerprint density at radius 2 is 2.36 bits per heavy atom. The Kier molecular flexibility index (Phi) is 2.44. The maximum atomic E-state index is 11.6. The van der Waals surface area contributed by atoms with Gasteiger partial charge in [0.25, 0.3) is 0 Å². The van der Waals surface area contributed by atoms with Gasteiger partial charge in [-0.1, -0.05) is 0 Å². The van der Waals surface area contributed by atoms with Crippen molar-refractivity contribution in [2.45, 2.75) is 38.3 Å².